The van der Waals surface area contributed by atoms with Gasteiger partial charge in [-0.1, -0.05) is 6.92 Å². The number of imide groups is 1. The standard InChI is InChI=1S/C21H21N3O5/c1-14-8-10-22(11-9-14)19-18(15-4-6-16(7-5-15)24(27)28)20(25)23(21(19)26)13-17-3-2-12-29-17/h2-7,12,14H,8-11,13H2,1H3. The fraction of sp³-hybridized carbons (Fsp3) is 0.333. The molecule has 1 aromatic heterocycles. The molecule has 2 aromatic rings. The number of benzene rings is 1. The summed E-state index contributed by atoms with van der Waals surface area (Å²) in [4.78, 5) is 40.1. The van der Waals surface area contributed by atoms with Gasteiger partial charge >= 0.3 is 0 Å². The maximum atomic E-state index is 13.2. The molecule has 0 radical (unpaired) electrons. The monoisotopic (exact) mass is 395 g/mol. The number of carbonyl (C=O) groups excluding carboxylic acids is 2. The lowest BCUT2D eigenvalue weighted by Crippen LogP contribution is -2.38. The minimum absolute atomic E-state index is 0.0505. The molecule has 0 bridgehead atoms. The molecule has 0 spiro atoms. The Bertz CT molecular complexity index is 970. The Morgan fingerprint density at radius 1 is 1.10 bits per heavy atom. The van der Waals surface area contributed by atoms with E-state index in [0.29, 0.717) is 41.6 Å². The number of nitro benzene ring substituents is 1. The van der Waals surface area contributed by atoms with Crippen molar-refractivity contribution in [3.63, 3.8) is 0 Å². The molecule has 3 heterocycles. The van der Waals surface area contributed by atoms with Gasteiger partial charge in [-0.3, -0.25) is 24.6 Å². The number of hydrogen-bond acceptors (Lipinski definition) is 6. The minimum atomic E-state index is -0.490. The Kier molecular flexibility index (Phi) is 4.92. The summed E-state index contributed by atoms with van der Waals surface area (Å²) in [5.74, 6) is 0.326. The summed E-state index contributed by atoms with van der Waals surface area (Å²) >= 11 is 0. The van der Waals surface area contributed by atoms with Crippen molar-refractivity contribution in [2.45, 2.75) is 26.3 Å². The maximum absolute atomic E-state index is 13.2. The van der Waals surface area contributed by atoms with Gasteiger partial charge in [0.25, 0.3) is 17.5 Å². The molecule has 0 N–H and O–H groups in total. The van der Waals surface area contributed by atoms with Gasteiger partial charge in [0.2, 0.25) is 0 Å². The molecule has 0 unspecified atom stereocenters. The van der Waals surface area contributed by atoms with E-state index in [2.05, 4.69) is 6.92 Å². The van der Waals surface area contributed by atoms with Crippen molar-refractivity contribution in [3.8, 4) is 0 Å². The summed E-state index contributed by atoms with van der Waals surface area (Å²) < 4.78 is 5.32. The van der Waals surface area contributed by atoms with Crippen molar-refractivity contribution in [3.05, 3.63) is 69.8 Å². The van der Waals surface area contributed by atoms with Crippen LogP contribution in [0.2, 0.25) is 0 Å². The largest absolute Gasteiger partial charge is 0.467 e. The molecule has 29 heavy (non-hydrogen) atoms. The molecule has 150 valence electrons. The van der Waals surface area contributed by atoms with Crippen LogP contribution >= 0.6 is 0 Å². The molecule has 8 heteroatoms. The highest BCUT2D eigenvalue weighted by molar-refractivity contribution is 6.35. The van der Waals surface area contributed by atoms with Gasteiger partial charge in [0.15, 0.2) is 0 Å². The molecule has 1 fully saturated rings. The molecule has 4 rings (SSSR count). The lowest BCUT2D eigenvalue weighted by Gasteiger charge is -2.32. The quantitative estimate of drug-likeness (QED) is 0.438. The maximum Gasteiger partial charge on any atom is 0.278 e. The second kappa shape index (κ2) is 7.54. The van der Waals surface area contributed by atoms with E-state index < -0.39 is 10.8 Å². The Morgan fingerprint density at radius 2 is 1.79 bits per heavy atom. The summed E-state index contributed by atoms with van der Waals surface area (Å²) in [6.45, 7) is 3.61. The predicted molar refractivity (Wildman–Crippen MR) is 104 cm³/mol. The Balaban J connectivity index is 1.73. The van der Waals surface area contributed by atoms with Gasteiger partial charge in [0, 0.05) is 25.2 Å². The van der Waals surface area contributed by atoms with E-state index in [1.54, 1.807) is 12.1 Å². The van der Waals surface area contributed by atoms with E-state index in [1.807, 2.05) is 4.90 Å². The fourth-order valence-corrected chi connectivity index (χ4v) is 3.80. The normalized spacial score (nSPS) is 18.1. The second-order valence-electron chi connectivity index (χ2n) is 7.47. The van der Waals surface area contributed by atoms with E-state index in [0.717, 1.165) is 12.8 Å². The summed E-state index contributed by atoms with van der Waals surface area (Å²) in [6.07, 6.45) is 3.38. The lowest BCUT2D eigenvalue weighted by molar-refractivity contribution is -0.384. The van der Waals surface area contributed by atoms with Crippen molar-refractivity contribution in [1.29, 1.82) is 0 Å². The number of amides is 2. The van der Waals surface area contributed by atoms with E-state index in [4.69, 9.17) is 4.42 Å². The molecule has 2 aliphatic heterocycles. The van der Waals surface area contributed by atoms with Crippen LogP contribution in [0.1, 0.15) is 31.1 Å². The van der Waals surface area contributed by atoms with Crippen molar-refractivity contribution in [1.82, 2.24) is 9.80 Å². The molecule has 2 amide bonds. The number of hydrogen-bond donors (Lipinski definition) is 0. The molecule has 8 nitrogen and oxygen atoms in total. The second-order valence-corrected chi connectivity index (χ2v) is 7.47. The Hall–Kier alpha value is -3.42. The van der Waals surface area contributed by atoms with E-state index in [-0.39, 0.29) is 18.1 Å². The molecule has 0 aliphatic carbocycles. The molecule has 0 saturated carbocycles. The number of carbonyl (C=O) groups is 2. The first-order valence-corrected chi connectivity index (χ1v) is 9.58. The van der Waals surface area contributed by atoms with Crippen molar-refractivity contribution in [2.75, 3.05) is 13.1 Å². The van der Waals surface area contributed by atoms with Crippen LogP contribution in [0.3, 0.4) is 0 Å². The molecule has 1 saturated heterocycles. The molecule has 0 atom stereocenters. The predicted octanol–water partition coefficient (Wildman–Crippen LogP) is 3.20. The fourth-order valence-electron chi connectivity index (χ4n) is 3.80. The van der Waals surface area contributed by atoms with Gasteiger partial charge in [0.1, 0.15) is 11.5 Å². The summed E-state index contributed by atoms with van der Waals surface area (Å²) in [5, 5.41) is 11.0. The van der Waals surface area contributed by atoms with Gasteiger partial charge in [-0.2, -0.15) is 0 Å². The van der Waals surface area contributed by atoms with Crippen molar-refractivity contribution < 1.29 is 18.9 Å². The highest BCUT2D eigenvalue weighted by Gasteiger charge is 2.42. The third kappa shape index (κ3) is 3.53. The number of non-ortho nitro benzene ring substituents is 1. The van der Waals surface area contributed by atoms with Gasteiger partial charge in [-0.05, 0) is 48.6 Å². The van der Waals surface area contributed by atoms with Crippen LogP contribution in [0.25, 0.3) is 5.57 Å². The average molecular weight is 395 g/mol. The molecular formula is C21H21N3O5. The summed E-state index contributed by atoms with van der Waals surface area (Å²) in [6, 6.07) is 9.18. The first kappa shape index (κ1) is 18.9. The first-order valence-electron chi connectivity index (χ1n) is 9.58. The summed E-state index contributed by atoms with van der Waals surface area (Å²) in [5.41, 5.74) is 1.12. The van der Waals surface area contributed by atoms with Crippen LogP contribution in [0.15, 0.2) is 52.8 Å². The van der Waals surface area contributed by atoms with Gasteiger partial charge in [0.05, 0.1) is 23.3 Å². The van der Waals surface area contributed by atoms with Crippen LogP contribution in [0, 0.1) is 16.0 Å². The van der Waals surface area contributed by atoms with Crippen LogP contribution in [0.5, 0.6) is 0 Å². The number of furan rings is 1. The van der Waals surface area contributed by atoms with Crippen LogP contribution in [0.4, 0.5) is 5.69 Å². The third-order valence-electron chi connectivity index (χ3n) is 5.50. The number of nitrogens with zero attached hydrogens (tertiary/aromatic N) is 3. The van der Waals surface area contributed by atoms with Crippen LogP contribution < -0.4 is 0 Å². The van der Waals surface area contributed by atoms with Crippen molar-refractivity contribution in [2.24, 2.45) is 5.92 Å². The number of likely N-dealkylation sites (tertiary alicyclic amines) is 1. The van der Waals surface area contributed by atoms with E-state index in [1.165, 1.54) is 35.4 Å². The van der Waals surface area contributed by atoms with Gasteiger partial charge in [-0.25, -0.2) is 0 Å². The highest BCUT2D eigenvalue weighted by Crippen LogP contribution is 2.35. The number of piperidine rings is 1. The first-order chi connectivity index (χ1) is 14.0. The van der Waals surface area contributed by atoms with Crippen LogP contribution in [-0.2, 0) is 16.1 Å². The Labute approximate surface area is 167 Å². The number of nitro groups is 1. The van der Waals surface area contributed by atoms with E-state index in [9.17, 15) is 19.7 Å². The summed E-state index contributed by atoms with van der Waals surface area (Å²) in [7, 11) is 0. The molecule has 2 aliphatic rings. The zero-order valence-electron chi connectivity index (χ0n) is 16.0. The van der Waals surface area contributed by atoms with E-state index >= 15 is 0 Å². The topological polar surface area (TPSA) is 96.9 Å². The van der Waals surface area contributed by atoms with Gasteiger partial charge in [-0.15, -0.1) is 0 Å². The van der Waals surface area contributed by atoms with Gasteiger partial charge < -0.3 is 9.32 Å². The average Bonchev–Trinajstić information content (AvgIpc) is 3.31. The molecular weight excluding hydrogens is 374 g/mol. The third-order valence-corrected chi connectivity index (χ3v) is 5.50. The zero-order chi connectivity index (χ0) is 20.5. The van der Waals surface area contributed by atoms with Crippen LogP contribution in [-0.4, -0.2) is 39.6 Å². The zero-order valence-corrected chi connectivity index (χ0v) is 16.0. The highest BCUT2D eigenvalue weighted by atomic mass is 16.6. The molecule has 1 aromatic carbocycles. The number of rotatable bonds is 5. The SMILES string of the molecule is CC1CCN(C2=C(c3ccc([N+](=O)[O-])cc3)C(=O)N(Cc3ccco3)C2=O)CC1. The lowest BCUT2D eigenvalue weighted by atomic mass is 9.97. The minimum Gasteiger partial charge on any atom is -0.467 e. The Morgan fingerprint density at radius 3 is 2.38 bits per heavy atom. The van der Waals surface area contributed by atoms with Crippen molar-refractivity contribution >= 4 is 23.1 Å². The smallest absolute Gasteiger partial charge is 0.278 e.